The van der Waals surface area contributed by atoms with E-state index < -0.39 is 0 Å². The van der Waals surface area contributed by atoms with Gasteiger partial charge in [0.25, 0.3) is 0 Å². The summed E-state index contributed by atoms with van der Waals surface area (Å²) in [5, 5.41) is 6.47. The van der Waals surface area contributed by atoms with Gasteiger partial charge in [-0.25, -0.2) is 4.98 Å². The normalized spacial score (nSPS) is 10.9. The predicted molar refractivity (Wildman–Crippen MR) is 84.9 cm³/mol. The van der Waals surface area contributed by atoms with E-state index in [0.29, 0.717) is 5.92 Å². The smallest absolute Gasteiger partial charge is 0.183 e. The molecule has 0 unspecified atom stereocenters. The van der Waals surface area contributed by atoms with E-state index in [-0.39, 0.29) is 0 Å². The number of hydrogen-bond donors (Lipinski definition) is 1. The van der Waals surface area contributed by atoms with Gasteiger partial charge in [0.15, 0.2) is 5.13 Å². The lowest BCUT2D eigenvalue weighted by Gasteiger charge is -2.05. The Kier molecular flexibility index (Phi) is 4.97. The minimum atomic E-state index is 0.704. The van der Waals surface area contributed by atoms with Crippen molar-refractivity contribution in [2.24, 2.45) is 5.92 Å². The molecule has 0 aliphatic rings. The van der Waals surface area contributed by atoms with E-state index in [1.54, 1.807) is 11.3 Å². The van der Waals surface area contributed by atoms with Crippen LogP contribution in [0.15, 0.2) is 29.6 Å². The summed E-state index contributed by atoms with van der Waals surface area (Å²) in [4.78, 5) is 4.62. The largest absolute Gasteiger partial charge is 0.362 e. The van der Waals surface area contributed by atoms with E-state index >= 15 is 0 Å². The fraction of sp³-hybridized carbons (Fsp3) is 0.438. The number of benzene rings is 1. The molecular formula is C16H22N2S. The van der Waals surface area contributed by atoms with E-state index in [1.807, 2.05) is 0 Å². The first-order valence-electron chi connectivity index (χ1n) is 6.97. The minimum absolute atomic E-state index is 0.704. The summed E-state index contributed by atoms with van der Waals surface area (Å²) in [5.74, 6) is 0.704. The molecule has 2 aromatic rings. The van der Waals surface area contributed by atoms with Gasteiger partial charge in [0.05, 0.1) is 5.69 Å². The molecular weight excluding hydrogens is 252 g/mol. The molecule has 0 aliphatic carbocycles. The van der Waals surface area contributed by atoms with Gasteiger partial charge in [-0.05, 0) is 24.3 Å². The van der Waals surface area contributed by atoms with Gasteiger partial charge in [-0.3, -0.25) is 0 Å². The summed E-state index contributed by atoms with van der Waals surface area (Å²) >= 11 is 1.68. The lowest BCUT2D eigenvalue weighted by atomic mass is 10.0. The third kappa shape index (κ3) is 4.06. The molecule has 0 amide bonds. The molecule has 0 atom stereocenters. The molecule has 1 aromatic heterocycles. The van der Waals surface area contributed by atoms with Crippen molar-refractivity contribution in [3.63, 3.8) is 0 Å². The fourth-order valence-electron chi connectivity index (χ4n) is 2.00. The Balaban J connectivity index is 2.07. The van der Waals surface area contributed by atoms with Crippen LogP contribution in [0.2, 0.25) is 0 Å². The SMILES string of the molecule is CCCNc1nc(-c2ccc(CC(C)C)cc2)cs1. The number of rotatable bonds is 6. The maximum absolute atomic E-state index is 4.62. The molecule has 0 radical (unpaired) electrons. The second-order valence-electron chi connectivity index (χ2n) is 5.26. The number of hydrogen-bond acceptors (Lipinski definition) is 3. The quantitative estimate of drug-likeness (QED) is 0.816. The van der Waals surface area contributed by atoms with Crippen LogP contribution in [0.5, 0.6) is 0 Å². The van der Waals surface area contributed by atoms with E-state index in [0.717, 1.165) is 30.2 Å². The molecule has 102 valence electrons. The van der Waals surface area contributed by atoms with Crippen molar-refractivity contribution in [2.75, 3.05) is 11.9 Å². The Morgan fingerprint density at radius 2 is 1.95 bits per heavy atom. The van der Waals surface area contributed by atoms with Crippen LogP contribution in [0.1, 0.15) is 32.8 Å². The van der Waals surface area contributed by atoms with E-state index in [2.05, 4.69) is 60.7 Å². The highest BCUT2D eigenvalue weighted by atomic mass is 32.1. The van der Waals surface area contributed by atoms with Gasteiger partial charge in [0.1, 0.15) is 0 Å². The number of anilines is 1. The summed E-state index contributed by atoms with van der Waals surface area (Å²) in [6.07, 6.45) is 2.26. The van der Waals surface area contributed by atoms with Crippen molar-refractivity contribution >= 4 is 16.5 Å². The molecule has 0 saturated heterocycles. The minimum Gasteiger partial charge on any atom is -0.362 e. The summed E-state index contributed by atoms with van der Waals surface area (Å²) < 4.78 is 0. The van der Waals surface area contributed by atoms with Crippen molar-refractivity contribution in [3.8, 4) is 11.3 Å². The Labute approximate surface area is 119 Å². The zero-order valence-corrected chi connectivity index (χ0v) is 12.8. The molecule has 0 saturated carbocycles. The maximum Gasteiger partial charge on any atom is 0.183 e. The van der Waals surface area contributed by atoms with Gasteiger partial charge in [0, 0.05) is 17.5 Å². The number of nitrogens with zero attached hydrogens (tertiary/aromatic N) is 1. The Bertz CT molecular complexity index is 500. The van der Waals surface area contributed by atoms with Gasteiger partial charge >= 0.3 is 0 Å². The molecule has 19 heavy (non-hydrogen) atoms. The lowest BCUT2D eigenvalue weighted by Crippen LogP contribution is -1.98. The standard InChI is InChI=1S/C16H22N2S/c1-4-9-17-16-18-15(11-19-16)14-7-5-13(6-8-14)10-12(2)3/h5-8,11-12H,4,9-10H2,1-3H3,(H,17,18). The van der Waals surface area contributed by atoms with Crippen LogP contribution in [0.4, 0.5) is 5.13 Å². The summed E-state index contributed by atoms with van der Waals surface area (Å²) in [7, 11) is 0. The van der Waals surface area contributed by atoms with E-state index in [9.17, 15) is 0 Å². The zero-order chi connectivity index (χ0) is 13.7. The molecule has 2 nitrogen and oxygen atoms in total. The van der Waals surface area contributed by atoms with Crippen LogP contribution in [-0.2, 0) is 6.42 Å². The summed E-state index contributed by atoms with van der Waals surface area (Å²) in [5.41, 5.74) is 3.67. The van der Waals surface area contributed by atoms with Crippen molar-refractivity contribution in [1.82, 2.24) is 4.98 Å². The van der Waals surface area contributed by atoms with Gasteiger partial charge in [-0.2, -0.15) is 0 Å². The predicted octanol–water partition coefficient (Wildman–Crippen LogP) is 4.83. The van der Waals surface area contributed by atoms with E-state index in [4.69, 9.17) is 0 Å². The summed E-state index contributed by atoms with van der Waals surface area (Å²) in [6, 6.07) is 8.79. The zero-order valence-electron chi connectivity index (χ0n) is 11.9. The molecule has 2 rings (SSSR count). The van der Waals surface area contributed by atoms with Crippen LogP contribution in [0.3, 0.4) is 0 Å². The highest BCUT2D eigenvalue weighted by molar-refractivity contribution is 7.14. The monoisotopic (exact) mass is 274 g/mol. The van der Waals surface area contributed by atoms with Crippen molar-refractivity contribution in [1.29, 1.82) is 0 Å². The first-order chi connectivity index (χ1) is 9.19. The molecule has 1 aromatic carbocycles. The second-order valence-corrected chi connectivity index (χ2v) is 6.12. The average molecular weight is 274 g/mol. The molecule has 0 spiro atoms. The van der Waals surface area contributed by atoms with Crippen molar-refractivity contribution < 1.29 is 0 Å². The van der Waals surface area contributed by atoms with Gasteiger partial charge in [-0.1, -0.05) is 45.0 Å². The Hall–Kier alpha value is -1.35. The van der Waals surface area contributed by atoms with Crippen LogP contribution in [0, 0.1) is 5.92 Å². The van der Waals surface area contributed by atoms with Gasteiger partial charge < -0.3 is 5.32 Å². The second kappa shape index (κ2) is 6.71. The highest BCUT2D eigenvalue weighted by Gasteiger charge is 2.04. The number of thiazole rings is 1. The molecule has 0 fully saturated rings. The first-order valence-corrected chi connectivity index (χ1v) is 7.85. The number of nitrogens with one attached hydrogen (secondary N) is 1. The lowest BCUT2D eigenvalue weighted by molar-refractivity contribution is 0.647. The molecule has 3 heteroatoms. The Morgan fingerprint density at radius 3 is 2.58 bits per heavy atom. The van der Waals surface area contributed by atoms with Gasteiger partial charge in [-0.15, -0.1) is 11.3 Å². The molecule has 0 bridgehead atoms. The first kappa shape index (κ1) is 14.1. The Morgan fingerprint density at radius 1 is 1.21 bits per heavy atom. The van der Waals surface area contributed by atoms with Crippen molar-refractivity contribution in [3.05, 3.63) is 35.2 Å². The number of aromatic nitrogens is 1. The third-order valence-corrected chi connectivity index (χ3v) is 3.72. The third-order valence-electron chi connectivity index (χ3n) is 2.92. The van der Waals surface area contributed by atoms with Crippen LogP contribution in [0.25, 0.3) is 11.3 Å². The van der Waals surface area contributed by atoms with Crippen LogP contribution < -0.4 is 5.32 Å². The van der Waals surface area contributed by atoms with Gasteiger partial charge in [0.2, 0.25) is 0 Å². The molecule has 0 aliphatic heterocycles. The van der Waals surface area contributed by atoms with E-state index in [1.165, 1.54) is 11.1 Å². The average Bonchev–Trinajstić information content (AvgIpc) is 2.85. The van der Waals surface area contributed by atoms with Crippen molar-refractivity contribution in [2.45, 2.75) is 33.6 Å². The maximum atomic E-state index is 4.62. The van der Waals surface area contributed by atoms with Crippen LogP contribution >= 0.6 is 11.3 Å². The molecule has 1 N–H and O–H groups in total. The highest BCUT2D eigenvalue weighted by Crippen LogP contribution is 2.25. The topological polar surface area (TPSA) is 24.9 Å². The van der Waals surface area contributed by atoms with Crippen LogP contribution in [-0.4, -0.2) is 11.5 Å². The molecule has 1 heterocycles. The fourth-order valence-corrected chi connectivity index (χ4v) is 2.75. The summed E-state index contributed by atoms with van der Waals surface area (Å²) in [6.45, 7) is 7.65.